The SMILES string of the molecule is COC1CC[C@@H]2CN(C)C[C@H]12. The number of fused-ring (bicyclic) bond motifs is 1. The van der Waals surface area contributed by atoms with E-state index in [-0.39, 0.29) is 0 Å². The molecule has 0 aromatic carbocycles. The predicted molar refractivity (Wildman–Crippen MR) is 44.5 cm³/mol. The van der Waals surface area contributed by atoms with Crippen LogP contribution in [0.2, 0.25) is 0 Å². The van der Waals surface area contributed by atoms with Crippen LogP contribution in [-0.4, -0.2) is 38.3 Å². The van der Waals surface area contributed by atoms with Crippen molar-refractivity contribution in [3.8, 4) is 0 Å². The van der Waals surface area contributed by atoms with Crippen LogP contribution in [0, 0.1) is 11.8 Å². The van der Waals surface area contributed by atoms with E-state index in [1.54, 1.807) is 0 Å². The molecule has 2 rings (SSSR count). The van der Waals surface area contributed by atoms with E-state index < -0.39 is 0 Å². The lowest BCUT2D eigenvalue weighted by atomic mass is 9.99. The van der Waals surface area contributed by atoms with Gasteiger partial charge in [-0.1, -0.05) is 0 Å². The second-order valence-corrected chi connectivity index (χ2v) is 4.00. The molecule has 1 saturated heterocycles. The number of nitrogens with zero attached hydrogens (tertiary/aromatic N) is 1. The zero-order valence-electron chi connectivity index (χ0n) is 7.42. The molecule has 64 valence electrons. The summed E-state index contributed by atoms with van der Waals surface area (Å²) in [6.07, 6.45) is 3.23. The molecule has 0 radical (unpaired) electrons. The summed E-state index contributed by atoms with van der Waals surface area (Å²) in [6, 6.07) is 0. The summed E-state index contributed by atoms with van der Waals surface area (Å²) in [6.45, 7) is 2.55. The molecule has 1 unspecified atom stereocenters. The first-order chi connectivity index (χ1) is 5.31. The molecule has 0 bridgehead atoms. The minimum atomic E-state index is 0.560. The van der Waals surface area contributed by atoms with E-state index in [9.17, 15) is 0 Å². The quantitative estimate of drug-likeness (QED) is 0.559. The van der Waals surface area contributed by atoms with Crippen molar-refractivity contribution in [3.05, 3.63) is 0 Å². The Morgan fingerprint density at radius 2 is 2.09 bits per heavy atom. The van der Waals surface area contributed by atoms with E-state index >= 15 is 0 Å². The average Bonchev–Trinajstić information content (AvgIpc) is 2.45. The monoisotopic (exact) mass is 155 g/mol. The van der Waals surface area contributed by atoms with E-state index in [2.05, 4.69) is 11.9 Å². The summed E-state index contributed by atoms with van der Waals surface area (Å²) >= 11 is 0. The molecule has 3 atom stereocenters. The van der Waals surface area contributed by atoms with Gasteiger partial charge in [0.05, 0.1) is 6.10 Å². The lowest BCUT2D eigenvalue weighted by molar-refractivity contribution is 0.0677. The number of hydrogen-bond acceptors (Lipinski definition) is 2. The predicted octanol–water partition coefficient (Wildman–Crippen LogP) is 0.973. The standard InChI is InChI=1S/C9H17NO/c1-10-5-7-3-4-9(11-2)8(7)6-10/h7-9H,3-6H2,1-2H3/t7-,8+,9?/m1/s1. The Morgan fingerprint density at radius 3 is 2.82 bits per heavy atom. The van der Waals surface area contributed by atoms with Crippen molar-refractivity contribution < 1.29 is 4.74 Å². The molecule has 1 aliphatic heterocycles. The number of rotatable bonds is 1. The molecule has 11 heavy (non-hydrogen) atoms. The van der Waals surface area contributed by atoms with Crippen LogP contribution < -0.4 is 0 Å². The van der Waals surface area contributed by atoms with Crippen LogP contribution in [-0.2, 0) is 4.74 Å². The van der Waals surface area contributed by atoms with Gasteiger partial charge in [0.25, 0.3) is 0 Å². The van der Waals surface area contributed by atoms with Gasteiger partial charge in [0, 0.05) is 26.1 Å². The molecule has 0 aromatic heterocycles. The summed E-state index contributed by atoms with van der Waals surface area (Å²) in [5.41, 5.74) is 0. The maximum atomic E-state index is 5.45. The molecular weight excluding hydrogens is 138 g/mol. The van der Waals surface area contributed by atoms with Gasteiger partial charge in [0.2, 0.25) is 0 Å². The van der Waals surface area contributed by atoms with Crippen LogP contribution in [0.25, 0.3) is 0 Å². The third kappa shape index (κ3) is 1.18. The smallest absolute Gasteiger partial charge is 0.0615 e. The van der Waals surface area contributed by atoms with Crippen LogP contribution in [0.15, 0.2) is 0 Å². The van der Waals surface area contributed by atoms with Crippen molar-refractivity contribution in [2.45, 2.75) is 18.9 Å². The van der Waals surface area contributed by atoms with Gasteiger partial charge in [-0.25, -0.2) is 0 Å². The summed E-state index contributed by atoms with van der Waals surface area (Å²) in [7, 11) is 4.07. The van der Waals surface area contributed by atoms with Crippen LogP contribution in [0.4, 0.5) is 0 Å². The minimum absolute atomic E-state index is 0.560. The molecule has 1 saturated carbocycles. The lowest BCUT2D eigenvalue weighted by Crippen LogP contribution is -2.23. The highest BCUT2D eigenvalue weighted by Crippen LogP contribution is 2.38. The summed E-state index contributed by atoms with van der Waals surface area (Å²) < 4.78 is 5.45. The number of ether oxygens (including phenoxy) is 1. The van der Waals surface area contributed by atoms with Crippen LogP contribution in [0.5, 0.6) is 0 Å². The molecule has 2 fully saturated rings. The molecule has 2 nitrogen and oxygen atoms in total. The Morgan fingerprint density at radius 1 is 1.27 bits per heavy atom. The molecule has 2 heteroatoms. The lowest BCUT2D eigenvalue weighted by Gasteiger charge is -2.16. The molecule has 0 amide bonds. The Bertz CT molecular complexity index is 146. The second-order valence-electron chi connectivity index (χ2n) is 4.00. The second kappa shape index (κ2) is 2.76. The molecule has 1 aliphatic carbocycles. The van der Waals surface area contributed by atoms with Gasteiger partial charge >= 0.3 is 0 Å². The Kier molecular flexibility index (Phi) is 1.90. The van der Waals surface area contributed by atoms with Gasteiger partial charge in [0.1, 0.15) is 0 Å². The largest absolute Gasteiger partial charge is 0.381 e. The van der Waals surface area contributed by atoms with Gasteiger partial charge in [-0.2, -0.15) is 0 Å². The average molecular weight is 155 g/mol. The molecular formula is C9H17NO. The third-order valence-electron chi connectivity index (χ3n) is 3.28. The van der Waals surface area contributed by atoms with Crippen LogP contribution in [0.3, 0.4) is 0 Å². The van der Waals surface area contributed by atoms with Gasteiger partial charge in [0.15, 0.2) is 0 Å². The van der Waals surface area contributed by atoms with E-state index in [4.69, 9.17) is 4.74 Å². The first kappa shape index (κ1) is 7.56. The number of likely N-dealkylation sites (tertiary alicyclic amines) is 1. The third-order valence-corrected chi connectivity index (χ3v) is 3.28. The fourth-order valence-corrected chi connectivity index (χ4v) is 2.73. The highest BCUT2D eigenvalue weighted by Gasteiger charge is 2.41. The molecule has 0 spiro atoms. The Labute approximate surface area is 68.5 Å². The maximum Gasteiger partial charge on any atom is 0.0615 e. The van der Waals surface area contributed by atoms with E-state index in [0.717, 1.165) is 11.8 Å². The Balaban J connectivity index is 2.01. The van der Waals surface area contributed by atoms with Gasteiger partial charge < -0.3 is 9.64 Å². The maximum absolute atomic E-state index is 5.45. The number of hydrogen-bond donors (Lipinski definition) is 0. The fourth-order valence-electron chi connectivity index (χ4n) is 2.73. The summed E-state index contributed by atoms with van der Waals surface area (Å²) in [5, 5.41) is 0. The normalized spacial score (nSPS) is 44.7. The highest BCUT2D eigenvalue weighted by atomic mass is 16.5. The number of methoxy groups -OCH3 is 1. The molecule has 0 N–H and O–H groups in total. The van der Waals surface area contributed by atoms with Gasteiger partial charge in [-0.05, 0) is 25.8 Å². The van der Waals surface area contributed by atoms with Gasteiger partial charge in [-0.15, -0.1) is 0 Å². The topological polar surface area (TPSA) is 12.5 Å². The van der Waals surface area contributed by atoms with E-state index in [1.165, 1.54) is 25.9 Å². The van der Waals surface area contributed by atoms with E-state index in [1.807, 2.05) is 7.11 Å². The minimum Gasteiger partial charge on any atom is -0.381 e. The molecule has 0 aromatic rings. The van der Waals surface area contributed by atoms with Crippen molar-refractivity contribution in [1.29, 1.82) is 0 Å². The summed E-state index contributed by atoms with van der Waals surface area (Å²) in [4.78, 5) is 2.43. The molecule has 1 heterocycles. The Hall–Kier alpha value is -0.0800. The van der Waals surface area contributed by atoms with Crippen molar-refractivity contribution in [2.75, 3.05) is 27.2 Å². The van der Waals surface area contributed by atoms with E-state index in [0.29, 0.717) is 6.10 Å². The van der Waals surface area contributed by atoms with Crippen molar-refractivity contribution in [2.24, 2.45) is 11.8 Å². The van der Waals surface area contributed by atoms with Crippen LogP contribution >= 0.6 is 0 Å². The van der Waals surface area contributed by atoms with Crippen molar-refractivity contribution in [3.63, 3.8) is 0 Å². The zero-order valence-corrected chi connectivity index (χ0v) is 7.42. The van der Waals surface area contributed by atoms with Crippen molar-refractivity contribution in [1.82, 2.24) is 4.90 Å². The zero-order chi connectivity index (χ0) is 7.84. The highest BCUT2D eigenvalue weighted by molar-refractivity contribution is 4.93. The fraction of sp³-hybridized carbons (Fsp3) is 1.00. The van der Waals surface area contributed by atoms with Crippen molar-refractivity contribution >= 4 is 0 Å². The van der Waals surface area contributed by atoms with Crippen LogP contribution in [0.1, 0.15) is 12.8 Å². The summed E-state index contributed by atoms with van der Waals surface area (Å²) in [5.74, 6) is 1.77. The van der Waals surface area contributed by atoms with Gasteiger partial charge in [-0.3, -0.25) is 0 Å². The molecule has 2 aliphatic rings. The first-order valence-electron chi connectivity index (χ1n) is 4.52. The first-order valence-corrected chi connectivity index (χ1v) is 4.52.